The molecule has 0 spiro atoms. The maximum absolute atomic E-state index is 11.8. The molecule has 2 aromatic carbocycles. The van der Waals surface area contributed by atoms with Crippen molar-refractivity contribution in [3.8, 4) is 0 Å². The normalized spacial score (nSPS) is 20.8. The topological polar surface area (TPSA) is 32.7 Å². The summed E-state index contributed by atoms with van der Waals surface area (Å²) < 4.78 is 0.762. The molecule has 4 rings (SSSR count). The van der Waals surface area contributed by atoms with Crippen LogP contribution in [-0.4, -0.2) is 10.9 Å². The Hall–Kier alpha value is -1.94. The minimum Gasteiger partial charge on any atom is -0.301 e. The van der Waals surface area contributed by atoms with Gasteiger partial charge in [-0.25, -0.2) is 5.01 Å². The highest BCUT2D eigenvalue weighted by molar-refractivity contribution is 9.18. The monoisotopic (exact) mass is 396 g/mol. The molecule has 1 aliphatic carbocycles. The van der Waals surface area contributed by atoms with Crippen LogP contribution >= 0.6 is 15.9 Å². The average Bonchev–Trinajstić information content (AvgIpc) is 2.69. The van der Waals surface area contributed by atoms with Crippen LogP contribution in [0.15, 0.2) is 53.6 Å². The van der Waals surface area contributed by atoms with Gasteiger partial charge in [0.15, 0.2) is 0 Å². The lowest BCUT2D eigenvalue weighted by Gasteiger charge is -2.31. The number of hydrogen-bond acceptors (Lipinski definition) is 3. The van der Waals surface area contributed by atoms with Crippen molar-refractivity contribution < 1.29 is 4.79 Å². The Morgan fingerprint density at radius 3 is 2.44 bits per heavy atom. The third kappa shape index (κ3) is 3.15. The van der Waals surface area contributed by atoms with Gasteiger partial charge in [0, 0.05) is 5.56 Å². The number of benzene rings is 2. The highest BCUT2D eigenvalue weighted by atomic mass is 79.9. The van der Waals surface area contributed by atoms with Crippen molar-refractivity contribution in [1.82, 2.24) is 0 Å². The van der Waals surface area contributed by atoms with Gasteiger partial charge in [-0.2, -0.15) is 5.10 Å². The van der Waals surface area contributed by atoms with Gasteiger partial charge in [0.25, 0.3) is 0 Å². The van der Waals surface area contributed by atoms with E-state index in [1.165, 1.54) is 37.7 Å². The zero-order valence-corrected chi connectivity index (χ0v) is 15.7. The maximum Gasteiger partial charge on any atom is 0.149 e. The summed E-state index contributed by atoms with van der Waals surface area (Å²) in [4.78, 5) is 11.8. The van der Waals surface area contributed by atoms with Gasteiger partial charge in [-0.05, 0) is 57.9 Å². The molecule has 1 fully saturated rings. The molecule has 0 radical (unpaired) electrons. The molecule has 25 heavy (non-hydrogen) atoms. The molecule has 1 heterocycles. The first-order valence-electron chi connectivity index (χ1n) is 8.96. The maximum atomic E-state index is 11.8. The second kappa shape index (κ2) is 7.12. The third-order valence-corrected chi connectivity index (χ3v) is 5.91. The highest BCUT2D eigenvalue weighted by Gasteiger charge is 2.28. The number of hydrazone groups is 1. The van der Waals surface area contributed by atoms with Crippen LogP contribution in [0.5, 0.6) is 0 Å². The average molecular weight is 397 g/mol. The summed E-state index contributed by atoms with van der Waals surface area (Å²) in [7, 11) is 0. The Kier molecular flexibility index (Phi) is 4.71. The van der Waals surface area contributed by atoms with Gasteiger partial charge >= 0.3 is 0 Å². The molecule has 2 aliphatic rings. The number of carbonyl (C=O) groups excluding carboxylic acids is 1. The summed E-state index contributed by atoms with van der Waals surface area (Å²) in [5.74, 6) is 0.682. The summed E-state index contributed by atoms with van der Waals surface area (Å²) in [6, 6.07) is 16.1. The van der Waals surface area contributed by atoms with Crippen molar-refractivity contribution in [3.63, 3.8) is 0 Å². The Labute approximate surface area is 156 Å². The number of fused-ring (bicyclic) bond motifs is 1. The fourth-order valence-corrected chi connectivity index (χ4v) is 4.50. The second-order valence-corrected chi connectivity index (χ2v) is 7.58. The first kappa shape index (κ1) is 16.5. The Balaban J connectivity index is 1.65. The molecular formula is C21H21BrN2O. The Bertz CT molecular complexity index is 794. The third-order valence-electron chi connectivity index (χ3n) is 5.32. The molecular weight excluding hydrogens is 376 g/mol. The Morgan fingerprint density at radius 1 is 1.00 bits per heavy atom. The molecule has 0 N–H and O–H groups in total. The number of rotatable bonds is 3. The van der Waals surface area contributed by atoms with Crippen LogP contribution in [0.1, 0.15) is 60.8 Å². The number of carbonyl (C=O) groups is 1. The van der Waals surface area contributed by atoms with Crippen molar-refractivity contribution in [2.75, 3.05) is 5.01 Å². The van der Waals surface area contributed by atoms with Crippen molar-refractivity contribution in [1.29, 1.82) is 0 Å². The molecule has 1 aliphatic heterocycles. The van der Waals surface area contributed by atoms with E-state index >= 15 is 0 Å². The standard InChI is InChI=1S/C21H21BrN2O/c22-21-19-9-5-4-8-18(19)20(14-25)24(23-21)17-12-10-16(11-13-17)15-6-2-1-3-7-15/h4-5,8-15,20H,1-3,6-7H2. The van der Waals surface area contributed by atoms with E-state index in [1.54, 1.807) is 0 Å². The predicted molar refractivity (Wildman–Crippen MR) is 105 cm³/mol. The summed E-state index contributed by atoms with van der Waals surface area (Å²) in [5, 5.41) is 6.43. The van der Waals surface area contributed by atoms with Crippen molar-refractivity contribution >= 4 is 32.5 Å². The van der Waals surface area contributed by atoms with Crippen LogP contribution in [0, 0.1) is 0 Å². The molecule has 0 amide bonds. The van der Waals surface area contributed by atoms with Gasteiger partial charge in [0.1, 0.15) is 16.9 Å². The van der Waals surface area contributed by atoms with Crippen LogP contribution in [0.25, 0.3) is 0 Å². The van der Waals surface area contributed by atoms with Crippen LogP contribution in [0.2, 0.25) is 0 Å². The number of halogens is 1. The predicted octanol–water partition coefficient (Wildman–Crippen LogP) is 5.55. The first-order valence-corrected chi connectivity index (χ1v) is 9.75. The fraction of sp³-hybridized carbons (Fsp3) is 0.333. The molecule has 3 nitrogen and oxygen atoms in total. The largest absolute Gasteiger partial charge is 0.301 e. The SMILES string of the molecule is O=CC1c2ccccc2C(Br)=NN1c1ccc(C2CCCCC2)cc1. The Morgan fingerprint density at radius 2 is 1.72 bits per heavy atom. The summed E-state index contributed by atoms with van der Waals surface area (Å²) in [6.07, 6.45) is 7.58. The zero-order chi connectivity index (χ0) is 17.2. The number of anilines is 1. The van der Waals surface area contributed by atoms with E-state index in [2.05, 4.69) is 45.3 Å². The van der Waals surface area contributed by atoms with E-state index in [9.17, 15) is 4.79 Å². The lowest BCUT2D eigenvalue weighted by Crippen LogP contribution is -2.30. The lowest BCUT2D eigenvalue weighted by molar-refractivity contribution is -0.109. The molecule has 1 atom stereocenters. The summed E-state index contributed by atoms with van der Waals surface area (Å²) in [6.45, 7) is 0. The van der Waals surface area contributed by atoms with Crippen LogP contribution in [-0.2, 0) is 4.79 Å². The van der Waals surface area contributed by atoms with E-state index in [1.807, 2.05) is 29.3 Å². The molecule has 0 saturated heterocycles. The zero-order valence-electron chi connectivity index (χ0n) is 14.1. The van der Waals surface area contributed by atoms with Gasteiger partial charge in [-0.3, -0.25) is 0 Å². The fourth-order valence-electron chi connectivity index (χ4n) is 3.97. The van der Waals surface area contributed by atoms with Crippen molar-refractivity contribution in [3.05, 3.63) is 65.2 Å². The molecule has 1 unspecified atom stereocenters. The van der Waals surface area contributed by atoms with E-state index in [0.717, 1.165) is 27.7 Å². The van der Waals surface area contributed by atoms with E-state index in [4.69, 9.17) is 0 Å². The van der Waals surface area contributed by atoms with Crippen molar-refractivity contribution in [2.24, 2.45) is 5.10 Å². The van der Waals surface area contributed by atoms with Gasteiger partial charge in [-0.1, -0.05) is 55.7 Å². The molecule has 0 bridgehead atoms. The lowest BCUT2D eigenvalue weighted by atomic mass is 9.84. The second-order valence-electron chi connectivity index (χ2n) is 6.83. The van der Waals surface area contributed by atoms with E-state index in [0.29, 0.717) is 5.92 Å². The van der Waals surface area contributed by atoms with Gasteiger partial charge in [0.05, 0.1) is 5.69 Å². The van der Waals surface area contributed by atoms with E-state index in [-0.39, 0.29) is 0 Å². The number of aldehydes is 1. The molecule has 2 aromatic rings. The molecule has 0 aromatic heterocycles. The number of nitrogens with zero attached hydrogens (tertiary/aromatic N) is 2. The van der Waals surface area contributed by atoms with Crippen LogP contribution < -0.4 is 5.01 Å². The smallest absolute Gasteiger partial charge is 0.149 e. The first-order chi connectivity index (χ1) is 12.3. The van der Waals surface area contributed by atoms with Crippen LogP contribution in [0.3, 0.4) is 0 Å². The van der Waals surface area contributed by atoms with Crippen LogP contribution in [0.4, 0.5) is 5.69 Å². The molecule has 128 valence electrons. The van der Waals surface area contributed by atoms with Gasteiger partial charge < -0.3 is 4.79 Å². The highest BCUT2D eigenvalue weighted by Crippen LogP contribution is 2.36. The minimum atomic E-state index is -0.391. The van der Waals surface area contributed by atoms with E-state index < -0.39 is 6.04 Å². The van der Waals surface area contributed by atoms with Gasteiger partial charge in [-0.15, -0.1) is 0 Å². The summed E-state index contributed by atoms with van der Waals surface area (Å²) >= 11 is 3.55. The van der Waals surface area contributed by atoms with Crippen molar-refractivity contribution in [2.45, 2.75) is 44.1 Å². The minimum absolute atomic E-state index is 0.391. The number of hydrogen-bond donors (Lipinski definition) is 0. The van der Waals surface area contributed by atoms with Gasteiger partial charge in [0.2, 0.25) is 0 Å². The summed E-state index contributed by atoms with van der Waals surface area (Å²) in [5.41, 5.74) is 4.32. The molecule has 1 saturated carbocycles. The molecule has 4 heteroatoms. The quantitative estimate of drug-likeness (QED) is 0.636.